The average molecular weight is 469 g/mol. The number of alkyl halides is 3. The maximum absolute atomic E-state index is 12.7. The van der Waals surface area contributed by atoms with Crippen LogP contribution in [-0.2, 0) is 6.18 Å². The summed E-state index contributed by atoms with van der Waals surface area (Å²) in [6.07, 6.45) is -4.44. The second kappa shape index (κ2) is 9.46. The summed E-state index contributed by atoms with van der Waals surface area (Å²) in [6.45, 7) is 1.99. The molecule has 9 heteroatoms. The van der Waals surface area contributed by atoms with E-state index in [1.165, 1.54) is 24.3 Å². The molecule has 2 N–H and O–H groups in total. The minimum atomic E-state index is -4.44. The van der Waals surface area contributed by atoms with Gasteiger partial charge in [0, 0.05) is 48.7 Å². The third-order valence-corrected chi connectivity index (χ3v) is 5.65. The lowest BCUT2D eigenvalue weighted by Gasteiger charge is -2.36. The average Bonchev–Trinajstić information content (AvgIpc) is 2.85. The number of halogens is 3. The van der Waals surface area contributed by atoms with Crippen molar-refractivity contribution in [2.45, 2.75) is 6.18 Å². The molecule has 0 aliphatic carbocycles. The first-order valence-electron chi connectivity index (χ1n) is 10.6. The molecule has 0 spiro atoms. The van der Waals surface area contributed by atoms with Gasteiger partial charge in [-0.05, 0) is 72.8 Å². The second-order valence-electron chi connectivity index (χ2n) is 7.90. The summed E-state index contributed by atoms with van der Waals surface area (Å²) in [7, 11) is 0. The minimum Gasteiger partial charge on any atom is -0.508 e. The molecule has 3 aromatic carbocycles. The number of phenolic OH excluding ortho intramolecular Hbond substituents is 1. The van der Waals surface area contributed by atoms with Gasteiger partial charge in [0.05, 0.1) is 5.56 Å². The molecule has 176 valence electrons. The summed E-state index contributed by atoms with van der Waals surface area (Å²) < 4.78 is 38.2. The van der Waals surface area contributed by atoms with Crippen LogP contribution in [0.4, 0.5) is 24.5 Å². The Morgan fingerprint density at radius 3 is 1.88 bits per heavy atom. The van der Waals surface area contributed by atoms with Crippen molar-refractivity contribution in [3.05, 3.63) is 89.5 Å². The van der Waals surface area contributed by atoms with Crippen molar-refractivity contribution >= 4 is 23.2 Å². The highest BCUT2D eigenvalue weighted by Gasteiger charge is 2.30. The van der Waals surface area contributed by atoms with Crippen molar-refractivity contribution in [3.63, 3.8) is 0 Å². The van der Waals surface area contributed by atoms with Crippen molar-refractivity contribution in [1.29, 1.82) is 0 Å². The van der Waals surface area contributed by atoms with Crippen LogP contribution in [0.15, 0.2) is 72.8 Å². The Morgan fingerprint density at radius 2 is 1.32 bits per heavy atom. The summed E-state index contributed by atoms with van der Waals surface area (Å²) in [5.41, 5.74) is 1.40. The van der Waals surface area contributed by atoms with Crippen LogP contribution in [0.1, 0.15) is 26.3 Å². The Kier molecular flexibility index (Phi) is 6.45. The van der Waals surface area contributed by atoms with E-state index in [4.69, 9.17) is 0 Å². The first-order valence-corrected chi connectivity index (χ1v) is 10.6. The number of nitrogens with zero attached hydrogens (tertiary/aromatic N) is 2. The zero-order valence-corrected chi connectivity index (χ0v) is 18.0. The van der Waals surface area contributed by atoms with Gasteiger partial charge < -0.3 is 20.2 Å². The van der Waals surface area contributed by atoms with Gasteiger partial charge in [-0.15, -0.1) is 0 Å². The number of piperazine rings is 1. The molecular formula is C25H22F3N3O3. The summed E-state index contributed by atoms with van der Waals surface area (Å²) >= 11 is 0. The van der Waals surface area contributed by atoms with E-state index in [1.807, 2.05) is 12.1 Å². The largest absolute Gasteiger partial charge is 0.508 e. The Hall–Kier alpha value is -4.01. The number of carbonyl (C=O) groups is 2. The second-order valence-corrected chi connectivity index (χ2v) is 7.90. The highest BCUT2D eigenvalue weighted by atomic mass is 19.4. The van der Waals surface area contributed by atoms with Crippen LogP contribution in [0.5, 0.6) is 5.75 Å². The number of carbonyl (C=O) groups excluding carboxylic acids is 2. The lowest BCUT2D eigenvalue weighted by atomic mass is 10.1. The molecule has 0 saturated carbocycles. The number of anilines is 2. The van der Waals surface area contributed by atoms with Gasteiger partial charge in [-0.25, -0.2) is 0 Å². The summed E-state index contributed by atoms with van der Waals surface area (Å²) in [5, 5.41) is 12.1. The van der Waals surface area contributed by atoms with Gasteiger partial charge in [0.25, 0.3) is 11.8 Å². The van der Waals surface area contributed by atoms with Crippen LogP contribution in [0, 0.1) is 0 Å². The fourth-order valence-electron chi connectivity index (χ4n) is 3.72. The molecule has 2 amide bonds. The monoisotopic (exact) mass is 469 g/mol. The SMILES string of the molecule is O=C(Nc1ccc(O)cc1)c1ccc(N2CCN(C(=O)c3ccc(C(F)(F)F)cc3)CC2)cc1. The van der Waals surface area contributed by atoms with E-state index < -0.39 is 11.7 Å². The molecule has 1 aliphatic heterocycles. The summed E-state index contributed by atoms with van der Waals surface area (Å²) in [4.78, 5) is 28.8. The van der Waals surface area contributed by atoms with Crippen molar-refractivity contribution in [2.75, 3.05) is 36.4 Å². The molecule has 0 atom stereocenters. The van der Waals surface area contributed by atoms with Gasteiger partial charge in [0.1, 0.15) is 5.75 Å². The molecule has 4 rings (SSSR count). The van der Waals surface area contributed by atoms with Crippen LogP contribution in [0.25, 0.3) is 0 Å². The normalized spacial score (nSPS) is 14.1. The summed E-state index contributed by atoms with van der Waals surface area (Å²) in [5.74, 6) is -0.456. The quantitative estimate of drug-likeness (QED) is 0.547. The maximum atomic E-state index is 12.7. The van der Waals surface area contributed by atoms with Gasteiger partial charge >= 0.3 is 6.18 Å². The predicted octanol–water partition coefficient (Wildman–Crippen LogP) is 4.63. The van der Waals surface area contributed by atoms with E-state index in [9.17, 15) is 27.9 Å². The Balaban J connectivity index is 1.32. The van der Waals surface area contributed by atoms with Crippen molar-refractivity contribution in [1.82, 2.24) is 4.90 Å². The minimum absolute atomic E-state index is 0.114. The molecule has 0 aromatic heterocycles. The molecule has 6 nitrogen and oxygen atoms in total. The number of aromatic hydroxyl groups is 1. The molecular weight excluding hydrogens is 447 g/mol. The lowest BCUT2D eigenvalue weighted by Crippen LogP contribution is -2.48. The van der Waals surface area contributed by atoms with Gasteiger partial charge in [-0.1, -0.05) is 0 Å². The lowest BCUT2D eigenvalue weighted by molar-refractivity contribution is -0.137. The number of phenols is 1. The highest BCUT2D eigenvalue weighted by molar-refractivity contribution is 6.04. The van der Waals surface area contributed by atoms with Crippen LogP contribution in [0.3, 0.4) is 0 Å². The fourth-order valence-corrected chi connectivity index (χ4v) is 3.72. The van der Waals surface area contributed by atoms with Gasteiger partial charge in [-0.3, -0.25) is 9.59 Å². The Labute approximate surface area is 194 Å². The molecule has 1 heterocycles. The van der Waals surface area contributed by atoms with E-state index in [0.717, 1.165) is 17.8 Å². The standard InChI is InChI=1S/C25H22F3N3O3/c26-25(27,28)19-5-1-18(2-6-19)24(34)31-15-13-30(14-16-31)21-9-3-17(4-10-21)23(33)29-20-7-11-22(32)12-8-20/h1-12,32H,13-16H2,(H,29,33). The highest BCUT2D eigenvalue weighted by Crippen LogP contribution is 2.29. The number of benzene rings is 3. The van der Waals surface area contributed by atoms with Crippen LogP contribution < -0.4 is 10.2 Å². The third kappa shape index (κ3) is 5.31. The van der Waals surface area contributed by atoms with Crippen molar-refractivity contribution in [2.24, 2.45) is 0 Å². The van der Waals surface area contributed by atoms with E-state index in [2.05, 4.69) is 10.2 Å². The smallest absolute Gasteiger partial charge is 0.416 e. The third-order valence-electron chi connectivity index (χ3n) is 5.65. The van der Waals surface area contributed by atoms with E-state index >= 15 is 0 Å². The van der Waals surface area contributed by atoms with Crippen LogP contribution in [0.2, 0.25) is 0 Å². The molecule has 0 radical (unpaired) electrons. The Bertz CT molecular complexity index is 1150. The number of amides is 2. The van der Waals surface area contributed by atoms with Crippen molar-refractivity contribution < 1.29 is 27.9 Å². The first-order chi connectivity index (χ1) is 16.2. The Morgan fingerprint density at radius 1 is 0.765 bits per heavy atom. The topological polar surface area (TPSA) is 72.9 Å². The molecule has 34 heavy (non-hydrogen) atoms. The van der Waals surface area contributed by atoms with Crippen molar-refractivity contribution in [3.8, 4) is 5.75 Å². The van der Waals surface area contributed by atoms with E-state index in [-0.39, 0.29) is 23.1 Å². The summed E-state index contributed by atoms with van der Waals surface area (Å²) in [6, 6.07) is 17.5. The molecule has 3 aromatic rings. The van der Waals surface area contributed by atoms with Crippen LogP contribution in [-0.4, -0.2) is 48.0 Å². The van der Waals surface area contributed by atoms with Gasteiger partial charge in [0.15, 0.2) is 0 Å². The zero-order valence-electron chi connectivity index (χ0n) is 18.0. The number of hydrogen-bond acceptors (Lipinski definition) is 4. The van der Waals surface area contributed by atoms with Gasteiger partial charge in [0.2, 0.25) is 0 Å². The maximum Gasteiger partial charge on any atom is 0.416 e. The first kappa shape index (κ1) is 23.2. The fraction of sp³-hybridized carbons (Fsp3) is 0.200. The number of nitrogens with one attached hydrogen (secondary N) is 1. The van der Waals surface area contributed by atoms with Crippen LogP contribution >= 0.6 is 0 Å². The molecule has 0 unspecified atom stereocenters. The molecule has 1 saturated heterocycles. The molecule has 0 bridgehead atoms. The molecule has 1 aliphatic rings. The number of rotatable bonds is 4. The van der Waals surface area contributed by atoms with E-state index in [1.54, 1.807) is 29.2 Å². The number of hydrogen-bond donors (Lipinski definition) is 2. The predicted molar refractivity (Wildman–Crippen MR) is 122 cm³/mol. The van der Waals surface area contributed by atoms with E-state index in [0.29, 0.717) is 37.4 Å². The van der Waals surface area contributed by atoms with Gasteiger partial charge in [-0.2, -0.15) is 13.2 Å². The molecule has 1 fully saturated rings. The zero-order chi connectivity index (χ0) is 24.3.